The largest absolute Gasteiger partial charge is 0.467 e. The van der Waals surface area contributed by atoms with Gasteiger partial charge in [-0.1, -0.05) is 42.5 Å². The van der Waals surface area contributed by atoms with E-state index in [1.165, 1.54) is 0 Å². The monoisotopic (exact) mass is 318 g/mol. The summed E-state index contributed by atoms with van der Waals surface area (Å²) in [6.45, 7) is 3.16. The van der Waals surface area contributed by atoms with Crippen LogP contribution >= 0.6 is 0 Å². The van der Waals surface area contributed by atoms with E-state index in [0.717, 1.165) is 27.6 Å². The summed E-state index contributed by atoms with van der Waals surface area (Å²) in [6, 6.07) is 18.3. The third-order valence-corrected chi connectivity index (χ3v) is 4.27. The Morgan fingerprint density at radius 1 is 1.12 bits per heavy atom. The number of fused-ring (bicyclic) bond motifs is 2. The number of carbonyl (C=O) groups is 1. The molecule has 120 valence electrons. The van der Waals surface area contributed by atoms with Crippen molar-refractivity contribution >= 4 is 16.8 Å². The standard InChI is InChI=1S/C20H18N2O2/c1-14-7-8-16-10-17-12-22(11-15-5-3-2-4-6-15)19(23)13-24-20(17)21-18(16)9-14/h2-10H,11-13H2,1H3. The lowest BCUT2D eigenvalue weighted by Gasteiger charge is -2.20. The third kappa shape index (κ3) is 2.83. The lowest BCUT2D eigenvalue weighted by molar-refractivity contribution is -0.133. The molecule has 0 spiro atoms. The number of hydrogen-bond donors (Lipinski definition) is 0. The minimum absolute atomic E-state index is 0.0166. The molecular formula is C20H18N2O2. The number of hydrogen-bond acceptors (Lipinski definition) is 3. The molecule has 1 aliphatic rings. The molecule has 4 nitrogen and oxygen atoms in total. The van der Waals surface area contributed by atoms with Gasteiger partial charge in [0.2, 0.25) is 5.88 Å². The molecule has 0 N–H and O–H groups in total. The van der Waals surface area contributed by atoms with E-state index in [1.54, 1.807) is 0 Å². The topological polar surface area (TPSA) is 42.4 Å². The van der Waals surface area contributed by atoms with Gasteiger partial charge < -0.3 is 9.64 Å². The van der Waals surface area contributed by atoms with E-state index in [1.807, 2.05) is 48.2 Å². The fraction of sp³-hybridized carbons (Fsp3) is 0.200. The fourth-order valence-electron chi connectivity index (χ4n) is 3.00. The molecule has 0 atom stereocenters. The van der Waals surface area contributed by atoms with E-state index in [9.17, 15) is 4.79 Å². The van der Waals surface area contributed by atoms with Gasteiger partial charge in [-0.3, -0.25) is 4.79 Å². The van der Waals surface area contributed by atoms with Gasteiger partial charge in [0.15, 0.2) is 6.61 Å². The second-order valence-corrected chi connectivity index (χ2v) is 6.17. The van der Waals surface area contributed by atoms with Crippen LogP contribution in [0, 0.1) is 6.92 Å². The number of ether oxygens (including phenoxy) is 1. The van der Waals surface area contributed by atoms with Gasteiger partial charge in [-0.15, -0.1) is 0 Å². The van der Waals surface area contributed by atoms with Gasteiger partial charge in [-0.05, 0) is 30.2 Å². The minimum Gasteiger partial charge on any atom is -0.467 e. The highest BCUT2D eigenvalue weighted by Crippen LogP contribution is 2.27. The number of benzene rings is 2. The molecule has 1 aliphatic heterocycles. The lowest BCUT2D eigenvalue weighted by Crippen LogP contribution is -2.31. The Labute approximate surface area is 140 Å². The van der Waals surface area contributed by atoms with Crippen molar-refractivity contribution in [2.75, 3.05) is 6.61 Å². The molecule has 1 aromatic heterocycles. The number of rotatable bonds is 2. The number of nitrogens with zero attached hydrogens (tertiary/aromatic N) is 2. The van der Waals surface area contributed by atoms with Crippen molar-refractivity contribution in [3.8, 4) is 5.88 Å². The maximum absolute atomic E-state index is 12.4. The summed E-state index contributed by atoms with van der Waals surface area (Å²) >= 11 is 0. The van der Waals surface area contributed by atoms with Crippen LogP contribution in [-0.2, 0) is 17.9 Å². The molecule has 4 rings (SSSR count). The van der Waals surface area contributed by atoms with Crippen molar-refractivity contribution in [1.29, 1.82) is 0 Å². The number of carbonyl (C=O) groups excluding carboxylic acids is 1. The van der Waals surface area contributed by atoms with Crippen LogP contribution in [0.25, 0.3) is 10.9 Å². The Bertz CT molecular complexity index is 906. The molecule has 24 heavy (non-hydrogen) atoms. The van der Waals surface area contributed by atoms with E-state index in [4.69, 9.17) is 4.74 Å². The number of aryl methyl sites for hydroxylation is 1. The summed E-state index contributed by atoms with van der Waals surface area (Å²) in [7, 11) is 0. The smallest absolute Gasteiger partial charge is 0.261 e. The van der Waals surface area contributed by atoms with E-state index < -0.39 is 0 Å². The van der Waals surface area contributed by atoms with Gasteiger partial charge in [0, 0.05) is 17.5 Å². The predicted octanol–water partition coefficient (Wildman–Crippen LogP) is 3.46. The first-order valence-electron chi connectivity index (χ1n) is 8.04. The maximum atomic E-state index is 12.4. The Morgan fingerprint density at radius 3 is 2.79 bits per heavy atom. The maximum Gasteiger partial charge on any atom is 0.261 e. The Balaban J connectivity index is 1.69. The minimum atomic E-state index is -0.0166. The molecule has 0 radical (unpaired) electrons. The molecule has 4 heteroatoms. The first-order valence-corrected chi connectivity index (χ1v) is 8.04. The molecule has 2 heterocycles. The predicted molar refractivity (Wildman–Crippen MR) is 92.7 cm³/mol. The van der Waals surface area contributed by atoms with Crippen molar-refractivity contribution in [3.05, 3.63) is 71.3 Å². The highest BCUT2D eigenvalue weighted by atomic mass is 16.5. The molecule has 0 saturated heterocycles. The van der Waals surface area contributed by atoms with Crippen LogP contribution in [0.3, 0.4) is 0 Å². The van der Waals surface area contributed by atoms with Crippen LogP contribution < -0.4 is 4.74 Å². The number of amides is 1. The second kappa shape index (κ2) is 5.96. The second-order valence-electron chi connectivity index (χ2n) is 6.17. The van der Waals surface area contributed by atoms with Gasteiger partial charge in [-0.2, -0.15) is 0 Å². The quantitative estimate of drug-likeness (QED) is 0.726. The zero-order valence-electron chi connectivity index (χ0n) is 13.5. The van der Waals surface area contributed by atoms with Crippen LogP contribution in [0.2, 0.25) is 0 Å². The van der Waals surface area contributed by atoms with Gasteiger partial charge >= 0.3 is 0 Å². The van der Waals surface area contributed by atoms with E-state index in [0.29, 0.717) is 19.0 Å². The zero-order chi connectivity index (χ0) is 16.5. The molecule has 0 saturated carbocycles. The van der Waals surface area contributed by atoms with Gasteiger partial charge in [-0.25, -0.2) is 4.98 Å². The summed E-state index contributed by atoms with van der Waals surface area (Å²) in [5.74, 6) is 0.550. The summed E-state index contributed by atoms with van der Waals surface area (Å²) in [5, 5.41) is 1.07. The van der Waals surface area contributed by atoms with Gasteiger partial charge in [0.25, 0.3) is 5.91 Å². The van der Waals surface area contributed by atoms with Crippen LogP contribution in [0.5, 0.6) is 5.88 Å². The molecule has 0 unspecified atom stereocenters. The lowest BCUT2D eigenvalue weighted by atomic mass is 10.1. The number of aromatic nitrogens is 1. The van der Waals surface area contributed by atoms with Crippen LogP contribution in [0.15, 0.2) is 54.6 Å². The van der Waals surface area contributed by atoms with Crippen LogP contribution in [0.1, 0.15) is 16.7 Å². The normalized spacial score (nSPS) is 14.2. The van der Waals surface area contributed by atoms with Crippen molar-refractivity contribution in [3.63, 3.8) is 0 Å². The molecule has 0 aliphatic carbocycles. The summed E-state index contributed by atoms with van der Waals surface area (Å²) in [5.41, 5.74) is 4.12. The SMILES string of the molecule is Cc1ccc2cc3c(nc2c1)OCC(=O)N(Cc1ccccc1)C3. The molecular weight excluding hydrogens is 300 g/mol. The Morgan fingerprint density at radius 2 is 1.96 bits per heavy atom. The van der Waals surface area contributed by atoms with Gasteiger partial charge in [0.1, 0.15) is 0 Å². The molecule has 0 bridgehead atoms. The van der Waals surface area contributed by atoms with Crippen molar-refractivity contribution in [2.45, 2.75) is 20.0 Å². The van der Waals surface area contributed by atoms with Crippen molar-refractivity contribution < 1.29 is 9.53 Å². The van der Waals surface area contributed by atoms with Crippen LogP contribution in [0.4, 0.5) is 0 Å². The molecule has 3 aromatic rings. The fourth-order valence-corrected chi connectivity index (χ4v) is 3.00. The average molecular weight is 318 g/mol. The Kier molecular flexibility index (Phi) is 3.65. The zero-order valence-corrected chi connectivity index (χ0v) is 13.5. The first kappa shape index (κ1) is 14.7. The van der Waals surface area contributed by atoms with Gasteiger partial charge in [0.05, 0.1) is 12.1 Å². The van der Waals surface area contributed by atoms with E-state index >= 15 is 0 Å². The summed E-state index contributed by atoms with van der Waals surface area (Å²) < 4.78 is 5.67. The van der Waals surface area contributed by atoms with Crippen molar-refractivity contribution in [1.82, 2.24) is 9.88 Å². The number of pyridine rings is 1. The molecule has 1 amide bonds. The third-order valence-electron chi connectivity index (χ3n) is 4.27. The average Bonchev–Trinajstić information content (AvgIpc) is 2.73. The molecule has 0 fully saturated rings. The Hall–Kier alpha value is -2.88. The van der Waals surface area contributed by atoms with Crippen LogP contribution in [-0.4, -0.2) is 22.4 Å². The highest BCUT2D eigenvalue weighted by molar-refractivity contribution is 5.82. The first-order chi connectivity index (χ1) is 11.7. The summed E-state index contributed by atoms with van der Waals surface area (Å²) in [4.78, 5) is 18.8. The highest BCUT2D eigenvalue weighted by Gasteiger charge is 2.23. The van der Waals surface area contributed by atoms with E-state index in [-0.39, 0.29) is 12.5 Å². The van der Waals surface area contributed by atoms with Crippen molar-refractivity contribution in [2.24, 2.45) is 0 Å². The molecule has 2 aromatic carbocycles. The van der Waals surface area contributed by atoms with E-state index in [2.05, 4.69) is 23.2 Å². The summed E-state index contributed by atoms with van der Waals surface area (Å²) in [6.07, 6.45) is 0.